The zero-order valence-corrected chi connectivity index (χ0v) is 11.8. The predicted molar refractivity (Wildman–Crippen MR) is 72.2 cm³/mol. The van der Waals surface area contributed by atoms with Crippen molar-refractivity contribution >= 4 is 0 Å². The topological polar surface area (TPSA) is 21.3 Å². The van der Waals surface area contributed by atoms with Gasteiger partial charge in [-0.2, -0.15) is 0 Å². The SMILES string of the molecule is CCNC(C1CCC(C)CC1)C1(OC)CCC1. The number of hydrogen-bond acceptors (Lipinski definition) is 2. The van der Waals surface area contributed by atoms with Gasteiger partial charge in [0.25, 0.3) is 0 Å². The van der Waals surface area contributed by atoms with Crippen LogP contribution >= 0.6 is 0 Å². The standard InChI is InChI=1S/C15H29NO/c1-4-16-14(15(17-3)10-5-11-15)13-8-6-12(2)7-9-13/h12-14,16H,4-11H2,1-3H3. The van der Waals surface area contributed by atoms with E-state index in [1.165, 1.54) is 44.9 Å². The number of methoxy groups -OCH3 is 1. The van der Waals surface area contributed by atoms with Gasteiger partial charge in [-0.3, -0.25) is 0 Å². The highest BCUT2D eigenvalue weighted by Crippen LogP contribution is 2.44. The van der Waals surface area contributed by atoms with Crippen molar-refractivity contribution in [1.29, 1.82) is 0 Å². The summed E-state index contributed by atoms with van der Waals surface area (Å²) in [5.41, 5.74) is 0.168. The van der Waals surface area contributed by atoms with Crippen molar-refractivity contribution in [1.82, 2.24) is 5.32 Å². The highest BCUT2D eigenvalue weighted by Gasteiger charge is 2.47. The molecule has 0 heterocycles. The summed E-state index contributed by atoms with van der Waals surface area (Å²) in [6, 6.07) is 0.596. The minimum atomic E-state index is 0.168. The molecule has 0 aromatic rings. The third kappa shape index (κ3) is 2.68. The minimum Gasteiger partial charge on any atom is -0.377 e. The zero-order chi connectivity index (χ0) is 12.3. The van der Waals surface area contributed by atoms with Gasteiger partial charge in [-0.15, -0.1) is 0 Å². The molecule has 0 aromatic heterocycles. The average Bonchev–Trinajstić information content (AvgIpc) is 2.28. The van der Waals surface area contributed by atoms with Crippen LogP contribution in [0.5, 0.6) is 0 Å². The molecule has 0 aliphatic heterocycles. The summed E-state index contributed by atoms with van der Waals surface area (Å²) < 4.78 is 5.91. The van der Waals surface area contributed by atoms with E-state index < -0.39 is 0 Å². The van der Waals surface area contributed by atoms with Gasteiger partial charge < -0.3 is 10.1 Å². The molecule has 1 N–H and O–H groups in total. The van der Waals surface area contributed by atoms with Gasteiger partial charge in [0.15, 0.2) is 0 Å². The van der Waals surface area contributed by atoms with Crippen molar-refractivity contribution in [3.8, 4) is 0 Å². The first kappa shape index (κ1) is 13.4. The lowest BCUT2D eigenvalue weighted by molar-refractivity contribution is -0.115. The Morgan fingerprint density at radius 1 is 1.24 bits per heavy atom. The molecule has 0 aromatic carbocycles. The van der Waals surface area contributed by atoms with Crippen LogP contribution in [0, 0.1) is 11.8 Å². The van der Waals surface area contributed by atoms with Gasteiger partial charge in [-0.1, -0.05) is 26.7 Å². The first-order valence-electron chi connectivity index (χ1n) is 7.50. The number of rotatable bonds is 5. The van der Waals surface area contributed by atoms with Gasteiger partial charge >= 0.3 is 0 Å². The second-order valence-electron chi connectivity index (χ2n) is 6.18. The summed E-state index contributed by atoms with van der Waals surface area (Å²) in [5, 5.41) is 3.74. The lowest BCUT2D eigenvalue weighted by Gasteiger charge is -2.50. The van der Waals surface area contributed by atoms with E-state index >= 15 is 0 Å². The van der Waals surface area contributed by atoms with Crippen LogP contribution in [-0.4, -0.2) is 25.3 Å². The van der Waals surface area contributed by atoms with Gasteiger partial charge in [0.2, 0.25) is 0 Å². The molecule has 1 atom stereocenters. The van der Waals surface area contributed by atoms with Gasteiger partial charge in [-0.25, -0.2) is 0 Å². The highest BCUT2D eigenvalue weighted by atomic mass is 16.5. The van der Waals surface area contributed by atoms with Gasteiger partial charge in [0.05, 0.1) is 5.60 Å². The molecule has 0 saturated heterocycles. The fourth-order valence-electron chi connectivity index (χ4n) is 3.79. The van der Waals surface area contributed by atoms with E-state index in [4.69, 9.17) is 4.74 Å². The van der Waals surface area contributed by atoms with Crippen molar-refractivity contribution in [2.24, 2.45) is 11.8 Å². The van der Waals surface area contributed by atoms with E-state index in [-0.39, 0.29) is 5.60 Å². The summed E-state index contributed by atoms with van der Waals surface area (Å²) in [7, 11) is 1.91. The number of likely N-dealkylation sites (N-methyl/N-ethyl adjacent to an activating group) is 1. The summed E-state index contributed by atoms with van der Waals surface area (Å²) in [6.07, 6.45) is 9.46. The molecule has 100 valence electrons. The third-order valence-corrected chi connectivity index (χ3v) is 5.13. The molecular formula is C15H29NO. The molecule has 2 fully saturated rings. The van der Waals surface area contributed by atoms with Gasteiger partial charge in [0, 0.05) is 13.2 Å². The normalized spacial score (nSPS) is 34.1. The fraction of sp³-hybridized carbons (Fsp3) is 1.00. The van der Waals surface area contributed by atoms with Crippen LogP contribution in [0.4, 0.5) is 0 Å². The van der Waals surface area contributed by atoms with Crippen LogP contribution in [0.1, 0.15) is 58.8 Å². The van der Waals surface area contributed by atoms with E-state index in [1.54, 1.807) is 0 Å². The Morgan fingerprint density at radius 3 is 2.29 bits per heavy atom. The smallest absolute Gasteiger partial charge is 0.0833 e. The Bertz CT molecular complexity index is 224. The van der Waals surface area contributed by atoms with E-state index in [0.29, 0.717) is 6.04 Å². The first-order valence-corrected chi connectivity index (χ1v) is 7.50. The number of hydrogen-bond donors (Lipinski definition) is 1. The monoisotopic (exact) mass is 239 g/mol. The maximum atomic E-state index is 5.91. The van der Waals surface area contributed by atoms with E-state index in [2.05, 4.69) is 19.2 Å². The Morgan fingerprint density at radius 2 is 1.88 bits per heavy atom. The largest absolute Gasteiger partial charge is 0.377 e. The first-order chi connectivity index (χ1) is 8.22. The molecule has 0 bridgehead atoms. The van der Waals surface area contributed by atoms with E-state index in [9.17, 15) is 0 Å². The summed E-state index contributed by atoms with van der Waals surface area (Å²) in [4.78, 5) is 0. The Hall–Kier alpha value is -0.0800. The van der Waals surface area contributed by atoms with E-state index in [1.807, 2.05) is 7.11 Å². The summed E-state index contributed by atoms with van der Waals surface area (Å²) >= 11 is 0. The van der Waals surface area contributed by atoms with Crippen LogP contribution in [0.15, 0.2) is 0 Å². The molecule has 17 heavy (non-hydrogen) atoms. The minimum absolute atomic E-state index is 0.168. The molecule has 1 unspecified atom stereocenters. The molecule has 0 spiro atoms. The van der Waals surface area contributed by atoms with Crippen LogP contribution in [0.25, 0.3) is 0 Å². The van der Waals surface area contributed by atoms with Crippen LogP contribution < -0.4 is 5.32 Å². The summed E-state index contributed by atoms with van der Waals surface area (Å²) in [6.45, 7) is 5.69. The highest BCUT2D eigenvalue weighted by molar-refractivity contribution is 5.02. The second kappa shape index (κ2) is 5.71. The molecule has 2 saturated carbocycles. The van der Waals surface area contributed by atoms with Gasteiger partial charge in [0.1, 0.15) is 0 Å². The summed E-state index contributed by atoms with van der Waals surface area (Å²) in [5.74, 6) is 1.78. The Kier molecular flexibility index (Phi) is 4.48. The quantitative estimate of drug-likeness (QED) is 0.794. The van der Waals surface area contributed by atoms with Crippen LogP contribution in [-0.2, 0) is 4.74 Å². The number of ether oxygens (including phenoxy) is 1. The molecule has 2 heteroatoms. The van der Waals surface area contributed by atoms with Crippen LogP contribution in [0.2, 0.25) is 0 Å². The van der Waals surface area contributed by atoms with Crippen LogP contribution in [0.3, 0.4) is 0 Å². The maximum Gasteiger partial charge on any atom is 0.0833 e. The fourth-order valence-corrected chi connectivity index (χ4v) is 3.79. The van der Waals surface area contributed by atoms with Crippen molar-refractivity contribution in [2.75, 3.05) is 13.7 Å². The Balaban J connectivity index is 2.01. The predicted octanol–water partition coefficient (Wildman–Crippen LogP) is 3.36. The molecule has 2 nitrogen and oxygen atoms in total. The van der Waals surface area contributed by atoms with Crippen molar-refractivity contribution in [2.45, 2.75) is 70.4 Å². The third-order valence-electron chi connectivity index (χ3n) is 5.13. The van der Waals surface area contributed by atoms with Crippen molar-refractivity contribution < 1.29 is 4.74 Å². The average molecular weight is 239 g/mol. The number of nitrogens with one attached hydrogen (secondary N) is 1. The molecule has 2 aliphatic rings. The molecule has 2 rings (SSSR count). The zero-order valence-electron chi connectivity index (χ0n) is 11.8. The molecule has 0 radical (unpaired) electrons. The maximum absolute atomic E-state index is 5.91. The lowest BCUT2D eigenvalue weighted by atomic mass is 9.66. The van der Waals surface area contributed by atoms with E-state index in [0.717, 1.165) is 18.4 Å². The van der Waals surface area contributed by atoms with Crippen molar-refractivity contribution in [3.05, 3.63) is 0 Å². The lowest BCUT2D eigenvalue weighted by Crippen LogP contribution is -2.60. The van der Waals surface area contributed by atoms with Crippen molar-refractivity contribution in [3.63, 3.8) is 0 Å². The second-order valence-corrected chi connectivity index (χ2v) is 6.18. The molecule has 0 amide bonds. The molecule has 2 aliphatic carbocycles. The Labute approximate surface area is 107 Å². The molecular weight excluding hydrogens is 210 g/mol. The van der Waals surface area contributed by atoms with Gasteiger partial charge in [-0.05, 0) is 50.5 Å².